The average Bonchev–Trinajstić information content (AvgIpc) is 2.11. The van der Waals surface area contributed by atoms with Crippen molar-refractivity contribution in [1.29, 1.82) is 0 Å². The predicted octanol–water partition coefficient (Wildman–Crippen LogP) is 4.34. The molecule has 0 saturated carbocycles. The van der Waals surface area contributed by atoms with Gasteiger partial charge in [0.15, 0.2) is 0 Å². The highest BCUT2D eigenvalue weighted by Crippen LogP contribution is 2.16. The van der Waals surface area contributed by atoms with Crippen molar-refractivity contribution in [2.24, 2.45) is 0 Å². The second-order valence-corrected chi connectivity index (χ2v) is 6.46. The summed E-state index contributed by atoms with van der Waals surface area (Å²) in [5.41, 5.74) is -0.124. The summed E-state index contributed by atoms with van der Waals surface area (Å²) < 4.78 is 11.6. The molecule has 0 aliphatic rings. The van der Waals surface area contributed by atoms with Crippen LogP contribution >= 0.6 is 0 Å². The van der Waals surface area contributed by atoms with Gasteiger partial charge >= 0.3 is 0 Å². The quantitative estimate of drug-likeness (QED) is 0.488. The lowest BCUT2D eigenvalue weighted by Gasteiger charge is -2.25. The normalized spacial score (nSPS) is 14.7. The SMILES string of the molecule is C=CC(CCCCOC(C)(C)C)OC(C)(C)C. The van der Waals surface area contributed by atoms with E-state index in [2.05, 4.69) is 48.1 Å². The Hall–Kier alpha value is -0.340. The summed E-state index contributed by atoms with van der Waals surface area (Å²) in [6.07, 6.45) is 5.27. The number of hydrogen-bond acceptors (Lipinski definition) is 2. The van der Waals surface area contributed by atoms with Gasteiger partial charge in [-0.1, -0.05) is 6.08 Å². The van der Waals surface area contributed by atoms with Crippen LogP contribution in [0.4, 0.5) is 0 Å². The monoisotopic (exact) mass is 242 g/mol. The molecule has 1 unspecified atom stereocenters. The maximum absolute atomic E-state index is 5.88. The van der Waals surface area contributed by atoms with Gasteiger partial charge in [0.2, 0.25) is 0 Å². The second kappa shape index (κ2) is 7.17. The van der Waals surface area contributed by atoms with Gasteiger partial charge in [0.1, 0.15) is 0 Å². The summed E-state index contributed by atoms with van der Waals surface area (Å²) in [6, 6.07) is 0. The van der Waals surface area contributed by atoms with Gasteiger partial charge in [-0.15, -0.1) is 6.58 Å². The molecule has 0 aromatic heterocycles. The lowest BCUT2D eigenvalue weighted by atomic mass is 10.1. The Morgan fingerprint density at radius 2 is 1.59 bits per heavy atom. The van der Waals surface area contributed by atoms with Crippen LogP contribution in [0.3, 0.4) is 0 Å². The third-order valence-corrected chi connectivity index (χ3v) is 2.19. The van der Waals surface area contributed by atoms with Gasteiger partial charge in [-0.05, 0) is 60.8 Å². The minimum atomic E-state index is -0.0965. The van der Waals surface area contributed by atoms with Crippen molar-refractivity contribution in [2.75, 3.05) is 6.61 Å². The van der Waals surface area contributed by atoms with Gasteiger partial charge in [0.25, 0.3) is 0 Å². The molecule has 0 aromatic carbocycles. The molecule has 0 bridgehead atoms. The van der Waals surface area contributed by atoms with Crippen LogP contribution in [-0.4, -0.2) is 23.9 Å². The molecule has 0 heterocycles. The molecule has 0 N–H and O–H groups in total. The highest BCUT2D eigenvalue weighted by atomic mass is 16.5. The first kappa shape index (κ1) is 16.7. The molecule has 0 spiro atoms. The van der Waals surface area contributed by atoms with Crippen molar-refractivity contribution in [3.05, 3.63) is 12.7 Å². The van der Waals surface area contributed by atoms with Crippen LogP contribution in [0.25, 0.3) is 0 Å². The summed E-state index contributed by atoms with van der Waals surface area (Å²) in [4.78, 5) is 0. The van der Waals surface area contributed by atoms with E-state index >= 15 is 0 Å². The number of rotatable bonds is 7. The molecule has 102 valence electrons. The minimum Gasteiger partial charge on any atom is -0.376 e. The molecule has 0 aromatic rings. The second-order valence-electron chi connectivity index (χ2n) is 6.46. The summed E-state index contributed by atoms with van der Waals surface area (Å²) in [5.74, 6) is 0. The lowest BCUT2D eigenvalue weighted by Crippen LogP contribution is -2.26. The van der Waals surface area contributed by atoms with E-state index in [1.165, 1.54) is 0 Å². The van der Waals surface area contributed by atoms with E-state index < -0.39 is 0 Å². The van der Waals surface area contributed by atoms with Crippen LogP contribution in [-0.2, 0) is 9.47 Å². The molecule has 0 rings (SSSR count). The molecule has 0 aliphatic carbocycles. The molecule has 0 radical (unpaired) electrons. The number of ether oxygens (including phenoxy) is 2. The number of unbranched alkanes of at least 4 members (excludes halogenated alkanes) is 1. The molecule has 0 saturated heterocycles. The smallest absolute Gasteiger partial charge is 0.0760 e. The third-order valence-electron chi connectivity index (χ3n) is 2.19. The fourth-order valence-corrected chi connectivity index (χ4v) is 1.50. The Bertz CT molecular complexity index is 208. The van der Waals surface area contributed by atoms with E-state index in [4.69, 9.17) is 9.47 Å². The maximum atomic E-state index is 5.88. The maximum Gasteiger partial charge on any atom is 0.0760 e. The Kier molecular flexibility index (Phi) is 7.03. The largest absolute Gasteiger partial charge is 0.376 e. The third kappa shape index (κ3) is 11.9. The van der Waals surface area contributed by atoms with Gasteiger partial charge in [0.05, 0.1) is 17.3 Å². The van der Waals surface area contributed by atoms with E-state index in [-0.39, 0.29) is 17.3 Å². The molecular weight excluding hydrogens is 212 g/mol. The average molecular weight is 242 g/mol. The van der Waals surface area contributed by atoms with Gasteiger partial charge < -0.3 is 9.47 Å². The van der Waals surface area contributed by atoms with Crippen LogP contribution in [0.15, 0.2) is 12.7 Å². The van der Waals surface area contributed by atoms with Crippen molar-refractivity contribution < 1.29 is 9.47 Å². The van der Waals surface area contributed by atoms with Crippen LogP contribution < -0.4 is 0 Å². The van der Waals surface area contributed by atoms with Crippen LogP contribution in [0.5, 0.6) is 0 Å². The molecule has 17 heavy (non-hydrogen) atoms. The van der Waals surface area contributed by atoms with Crippen molar-refractivity contribution >= 4 is 0 Å². The van der Waals surface area contributed by atoms with Gasteiger partial charge in [-0.25, -0.2) is 0 Å². The first-order valence-corrected chi connectivity index (χ1v) is 6.58. The molecule has 0 aliphatic heterocycles. The highest BCUT2D eigenvalue weighted by molar-refractivity contribution is 4.82. The van der Waals surface area contributed by atoms with Gasteiger partial charge in [-0.3, -0.25) is 0 Å². The van der Waals surface area contributed by atoms with E-state index in [9.17, 15) is 0 Å². The molecule has 0 amide bonds. The van der Waals surface area contributed by atoms with Gasteiger partial charge in [-0.2, -0.15) is 0 Å². The zero-order valence-electron chi connectivity index (χ0n) is 12.5. The van der Waals surface area contributed by atoms with Crippen LogP contribution in [0.2, 0.25) is 0 Å². The van der Waals surface area contributed by atoms with Crippen molar-refractivity contribution in [3.63, 3.8) is 0 Å². The van der Waals surface area contributed by atoms with E-state index in [1.54, 1.807) is 0 Å². The Morgan fingerprint density at radius 1 is 1.00 bits per heavy atom. The van der Waals surface area contributed by atoms with Gasteiger partial charge in [0, 0.05) is 6.61 Å². The summed E-state index contributed by atoms with van der Waals surface area (Å²) in [7, 11) is 0. The molecule has 0 fully saturated rings. The molecule has 1 atom stereocenters. The van der Waals surface area contributed by atoms with Crippen molar-refractivity contribution in [1.82, 2.24) is 0 Å². The lowest BCUT2D eigenvalue weighted by molar-refractivity contribution is -0.0437. The Balaban J connectivity index is 3.68. The first-order valence-electron chi connectivity index (χ1n) is 6.58. The van der Waals surface area contributed by atoms with E-state index in [0.29, 0.717) is 0 Å². The Labute approximate surface area is 107 Å². The van der Waals surface area contributed by atoms with E-state index in [0.717, 1.165) is 25.9 Å². The van der Waals surface area contributed by atoms with Crippen LogP contribution in [0, 0.1) is 0 Å². The predicted molar refractivity (Wildman–Crippen MR) is 74.4 cm³/mol. The zero-order valence-corrected chi connectivity index (χ0v) is 12.5. The van der Waals surface area contributed by atoms with Crippen molar-refractivity contribution in [2.45, 2.75) is 78.1 Å². The summed E-state index contributed by atoms with van der Waals surface area (Å²) in [5, 5.41) is 0. The first-order chi connectivity index (χ1) is 7.64. The molecular formula is C15H30O2. The molecule has 2 heteroatoms. The van der Waals surface area contributed by atoms with Crippen molar-refractivity contribution in [3.8, 4) is 0 Å². The summed E-state index contributed by atoms with van der Waals surface area (Å²) >= 11 is 0. The minimum absolute atomic E-state index is 0.0280. The summed E-state index contributed by atoms with van der Waals surface area (Å²) in [6.45, 7) is 17.1. The Morgan fingerprint density at radius 3 is 2.00 bits per heavy atom. The highest BCUT2D eigenvalue weighted by Gasteiger charge is 2.16. The zero-order chi connectivity index (χ0) is 13.5. The standard InChI is InChI=1S/C15H30O2/c1-8-13(17-15(5,6)7)11-9-10-12-16-14(2,3)4/h8,13H,1,9-12H2,2-7H3. The fourth-order valence-electron chi connectivity index (χ4n) is 1.50. The molecule has 2 nitrogen and oxygen atoms in total. The van der Waals surface area contributed by atoms with Crippen LogP contribution in [0.1, 0.15) is 60.8 Å². The number of hydrogen-bond donors (Lipinski definition) is 0. The fraction of sp³-hybridized carbons (Fsp3) is 0.867. The topological polar surface area (TPSA) is 18.5 Å². The van der Waals surface area contributed by atoms with E-state index in [1.807, 2.05) is 6.08 Å².